The number of aryl methyl sites for hydroxylation is 2. The Morgan fingerprint density at radius 3 is 2.65 bits per heavy atom. The van der Waals surface area contributed by atoms with Crippen LogP contribution in [0.25, 0.3) is 0 Å². The van der Waals surface area contributed by atoms with Crippen LogP contribution in [0.1, 0.15) is 22.4 Å². The number of rotatable bonds is 3. The van der Waals surface area contributed by atoms with Crippen molar-refractivity contribution in [1.82, 2.24) is 4.98 Å². The van der Waals surface area contributed by atoms with Crippen LogP contribution in [0.5, 0.6) is 0 Å². The molecule has 0 unspecified atom stereocenters. The van der Waals surface area contributed by atoms with E-state index >= 15 is 0 Å². The van der Waals surface area contributed by atoms with Gasteiger partial charge in [0, 0.05) is 12.7 Å². The van der Waals surface area contributed by atoms with Crippen molar-refractivity contribution < 1.29 is 0 Å². The van der Waals surface area contributed by atoms with E-state index in [9.17, 15) is 0 Å². The third-order valence-corrected chi connectivity index (χ3v) is 3.19. The highest BCUT2D eigenvalue weighted by atomic mass is 14.9. The Bertz CT molecular complexity index is 518. The number of hydrogen-bond acceptors (Lipinski definition) is 2. The molecule has 1 aromatic carbocycles. The molecule has 2 nitrogen and oxygen atoms in total. The summed E-state index contributed by atoms with van der Waals surface area (Å²) in [5, 5.41) is 3.43. The first-order valence-corrected chi connectivity index (χ1v) is 5.89. The van der Waals surface area contributed by atoms with Gasteiger partial charge in [0.25, 0.3) is 0 Å². The van der Waals surface area contributed by atoms with Gasteiger partial charge in [0.15, 0.2) is 0 Å². The van der Waals surface area contributed by atoms with Crippen molar-refractivity contribution in [3.05, 3.63) is 58.9 Å². The van der Waals surface area contributed by atoms with E-state index in [0.29, 0.717) is 0 Å². The lowest BCUT2D eigenvalue weighted by Crippen LogP contribution is -2.04. The van der Waals surface area contributed by atoms with Crippen molar-refractivity contribution in [3.63, 3.8) is 0 Å². The molecular weight excluding hydrogens is 208 g/mol. The molecule has 0 radical (unpaired) electrons. The third kappa shape index (κ3) is 2.64. The summed E-state index contributed by atoms with van der Waals surface area (Å²) in [7, 11) is 0. The second-order valence-electron chi connectivity index (χ2n) is 4.35. The van der Waals surface area contributed by atoms with Gasteiger partial charge >= 0.3 is 0 Å². The maximum Gasteiger partial charge on any atom is 0.0603 e. The quantitative estimate of drug-likeness (QED) is 0.864. The average Bonchev–Trinajstić information content (AvgIpc) is 2.33. The molecule has 0 aliphatic heterocycles. The first-order chi connectivity index (χ1) is 8.18. The van der Waals surface area contributed by atoms with Crippen LogP contribution < -0.4 is 5.32 Å². The molecular formula is C15H18N2. The van der Waals surface area contributed by atoms with Gasteiger partial charge in [-0.3, -0.25) is 4.98 Å². The fourth-order valence-electron chi connectivity index (χ4n) is 1.86. The van der Waals surface area contributed by atoms with E-state index in [1.54, 1.807) is 0 Å². The molecule has 0 saturated carbocycles. The zero-order valence-corrected chi connectivity index (χ0v) is 10.6. The summed E-state index contributed by atoms with van der Waals surface area (Å²) < 4.78 is 0. The van der Waals surface area contributed by atoms with Crippen molar-refractivity contribution in [2.75, 3.05) is 5.32 Å². The molecule has 0 spiro atoms. The number of nitrogens with zero attached hydrogens (tertiary/aromatic N) is 1. The molecule has 1 aromatic heterocycles. The standard InChI is InChI=1S/C15H18N2/c1-11-6-4-7-14(12(11)2)10-17-15-8-5-9-16-13(15)3/h4-9,17H,10H2,1-3H3. The zero-order valence-electron chi connectivity index (χ0n) is 10.6. The monoisotopic (exact) mass is 226 g/mol. The Hall–Kier alpha value is -1.83. The molecule has 2 aromatic rings. The first kappa shape index (κ1) is 11.6. The molecule has 17 heavy (non-hydrogen) atoms. The van der Waals surface area contributed by atoms with Crippen molar-refractivity contribution in [1.29, 1.82) is 0 Å². The van der Waals surface area contributed by atoms with E-state index in [4.69, 9.17) is 0 Å². The van der Waals surface area contributed by atoms with Gasteiger partial charge in [0.1, 0.15) is 0 Å². The minimum absolute atomic E-state index is 0.847. The van der Waals surface area contributed by atoms with Gasteiger partial charge < -0.3 is 5.32 Å². The molecule has 2 rings (SSSR count). The molecule has 0 atom stereocenters. The summed E-state index contributed by atoms with van der Waals surface area (Å²) in [5.41, 5.74) is 6.19. The number of hydrogen-bond donors (Lipinski definition) is 1. The fraction of sp³-hybridized carbons (Fsp3) is 0.267. The second-order valence-corrected chi connectivity index (χ2v) is 4.35. The van der Waals surface area contributed by atoms with Crippen molar-refractivity contribution >= 4 is 5.69 Å². The van der Waals surface area contributed by atoms with Gasteiger partial charge in [-0.05, 0) is 49.6 Å². The van der Waals surface area contributed by atoms with Crippen LogP contribution in [0.3, 0.4) is 0 Å². The Labute approximate surface area is 103 Å². The van der Waals surface area contributed by atoms with Crippen LogP contribution in [-0.2, 0) is 6.54 Å². The number of pyridine rings is 1. The van der Waals surface area contributed by atoms with E-state index in [-0.39, 0.29) is 0 Å². The number of nitrogens with one attached hydrogen (secondary N) is 1. The van der Waals surface area contributed by atoms with E-state index in [0.717, 1.165) is 17.9 Å². The largest absolute Gasteiger partial charge is 0.379 e. The van der Waals surface area contributed by atoms with Crippen molar-refractivity contribution in [2.24, 2.45) is 0 Å². The molecule has 0 bridgehead atoms. The fourth-order valence-corrected chi connectivity index (χ4v) is 1.86. The Morgan fingerprint density at radius 1 is 1.06 bits per heavy atom. The highest BCUT2D eigenvalue weighted by Crippen LogP contribution is 2.16. The topological polar surface area (TPSA) is 24.9 Å². The molecule has 0 fully saturated rings. The summed E-state index contributed by atoms with van der Waals surface area (Å²) in [4.78, 5) is 4.27. The van der Waals surface area contributed by atoms with E-state index < -0.39 is 0 Å². The number of benzene rings is 1. The van der Waals surface area contributed by atoms with E-state index in [1.165, 1.54) is 16.7 Å². The summed E-state index contributed by atoms with van der Waals surface area (Å²) in [6.07, 6.45) is 1.82. The summed E-state index contributed by atoms with van der Waals surface area (Å²) >= 11 is 0. The second kappa shape index (κ2) is 5.00. The van der Waals surface area contributed by atoms with Crippen LogP contribution in [0.2, 0.25) is 0 Å². The first-order valence-electron chi connectivity index (χ1n) is 5.89. The molecule has 2 heteroatoms. The van der Waals surface area contributed by atoms with Gasteiger partial charge in [-0.1, -0.05) is 18.2 Å². The van der Waals surface area contributed by atoms with Crippen LogP contribution >= 0.6 is 0 Å². The summed E-state index contributed by atoms with van der Waals surface area (Å²) in [6.45, 7) is 7.18. The van der Waals surface area contributed by atoms with Gasteiger partial charge in [0.2, 0.25) is 0 Å². The maximum absolute atomic E-state index is 4.27. The highest BCUT2D eigenvalue weighted by molar-refractivity contribution is 5.48. The van der Waals surface area contributed by atoms with Crippen molar-refractivity contribution in [2.45, 2.75) is 27.3 Å². The molecule has 1 N–H and O–H groups in total. The lowest BCUT2D eigenvalue weighted by Gasteiger charge is -2.12. The van der Waals surface area contributed by atoms with Crippen LogP contribution in [-0.4, -0.2) is 4.98 Å². The minimum Gasteiger partial charge on any atom is -0.379 e. The Kier molecular flexibility index (Phi) is 3.43. The lowest BCUT2D eigenvalue weighted by atomic mass is 10.0. The zero-order chi connectivity index (χ0) is 12.3. The van der Waals surface area contributed by atoms with E-state index in [2.05, 4.69) is 48.4 Å². The van der Waals surface area contributed by atoms with Crippen molar-refractivity contribution in [3.8, 4) is 0 Å². The van der Waals surface area contributed by atoms with Crippen LogP contribution in [0.4, 0.5) is 5.69 Å². The SMILES string of the molecule is Cc1cccc(CNc2cccnc2C)c1C. The molecule has 1 heterocycles. The molecule has 0 amide bonds. The smallest absolute Gasteiger partial charge is 0.0603 e. The predicted octanol–water partition coefficient (Wildman–Crippen LogP) is 3.62. The molecule has 88 valence electrons. The average molecular weight is 226 g/mol. The Balaban J connectivity index is 2.13. The van der Waals surface area contributed by atoms with Gasteiger partial charge in [-0.25, -0.2) is 0 Å². The highest BCUT2D eigenvalue weighted by Gasteiger charge is 2.02. The molecule has 0 aliphatic rings. The number of anilines is 1. The van der Waals surface area contributed by atoms with Gasteiger partial charge in [0.05, 0.1) is 11.4 Å². The van der Waals surface area contributed by atoms with Gasteiger partial charge in [-0.2, -0.15) is 0 Å². The summed E-state index contributed by atoms with van der Waals surface area (Å²) in [5.74, 6) is 0. The molecule has 0 saturated heterocycles. The van der Waals surface area contributed by atoms with Gasteiger partial charge in [-0.15, -0.1) is 0 Å². The lowest BCUT2D eigenvalue weighted by molar-refractivity contribution is 1.08. The summed E-state index contributed by atoms with van der Waals surface area (Å²) in [6, 6.07) is 10.4. The predicted molar refractivity (Wildman–Crippen MR) is 72.2 cm³/mol. The normalized spacial score (nSPS) is 10.3. The van der Waals surface area contributed by atoms with E-state index in [1.807, 2.05) is 19.2 Å². The molecule has 0 aliphatic carbocycles. The number of aromatic nitrogens is 1. The minimum atomic E-state index is 0.847. The third-order valence-electron chi connectivity index (χ3n) is 3.19. The van der Waals surface area contributed by atoms with Crippen LogP contribution in [0.15, 0.2) is 36.5 Å². The van der Waals surface area contributed by atoms with Crippen LogP contribution in [0, 0.1) is 20.8 Å². The maximum atomic E-state index is 4.27. The Morgan fingerprint density at radius 2 is 1.88 bits per heavy atom.